The summed E-state index contributed by atoms with van der Waals surface area (Å²) in [6.45, 7) is 6.62. The van der Waals surface area contributed by atoms with E-state index in [-0.39, 0.29) is 5.91 Å². The van der Waals surface area contributed by atoms with Gasteiger partial charge in [0.05, 0.1) is 17.1 Å². The SMILES string of the molecule is Cc1cc(CN2CCN(C(=O)CCN3c4ccccc4Sc4ccccc43)CC2)no1. The molecule has 1 aromatic heterocycles. The normalized spacial score (nSPS) is 16.2. The van der Waals surface area contributed by atoms with Gasteiger partial charge in [0.25, 0.3) is 0 Å². The molecule has 1 amide bonds. The van der Waals surface area contributed by atoms with Crippen LogP contribution in [0.4, 0.5) is 11.4 Å². The molecular weight excluding hydrogens is 408 g/mol. The fourth-order valence-electron chi connectivity index (χ4n) is 4.26. The van der Waals surface area contributed by atoms with Crippen LogP contribution in [0.3, 0.4) is 0 Å². The summed E-state index contributed by atoms with van der Waals surface area (Å²) >= 11 is 1.80. The number of hydrogen-bond donors (Lipinski definition) is 0. The average molecular weight is 435 g/mol. The highest BCUT2D eigenvalue weighted by Crippen LogP contribution is 2.47. The Kier molecular flexibility index (Phi) is 5.70. The molecule has 0 spiro atoms. The zero-order chi connectivity index (χ0) is 21.2. The van der Waals surface area contributed by atoms with Gasteiger partial charge in [0, 0.05) is 61.5 Å². The molecule has 160 valence electrons. The number of piperazine rings is 1. The number of nitrogens with zero attached hydrogens (tertiary/aromatic N) is 4. The summed E-state index contributed by atoms with van der Waals surface area (Å²) in [6, 6.07) is 18.9. The van der Waals surface area contributed by atoms with Crippen molar-refractivity contribution >= 4 is 29.0 Å². The van der Waals surface area contributed by atoms with Gasteiger partial charge in [-0.2, -0.15) is 0 Å². The van der Waals surface area contributed by atoms with Gasteiger partial charge < -0.3 is 14.3 Å². The van der Waals surface area contributed by atoms with Gasteiger partial charge in [0.2, 0.25) is 5.91 Å². The highest BCUT2D eigenvalue weighted by molar-refractivity contribution is 7.99. The fraction of sp³-hybridized carbons (Fsp3) is 0.333. The average Bonchev–Trinajstić information content (AvgIpc) is 3.21. The maximum atomic E-state index is 13.0. The monoisotopic (exact) mass is 434 g/mol. The van der Waals surface area contributed by atoms with Crippen LogP contribution in [0, 0.1) is 6.92 Å². The number of benzene rings is 2. The minimum atomic E-state index is 0.227. The molecule has 7 heteroatoms. The Hall–Kier alpha value is -2.77. The summed E-state index contributed by atoms with van der Waals surface area (Å²) in [6.07, 6.45) is 0.510. The first kappa shape index (κ1) is 20.2. The third-order valence-corrected chi connectivity index (χ3v) is 7.00. The number of aryl methyl sites for hydroxylation is 1. The van der Waals surface area contributed by atoms with Crippen molar-refractivity contribution < 1.29 is 9.32 Å². The summed E-state index contributed by atoms with van der Waals surface area (Å²) in [5.41, 5.74) is 3.33. The lowest BCUT2D eigenvalue weighted by Gasteiger charge is -2.36. The molecular formula is C24H26N4O2S. The van der Waals surface area contributed by atoms with Gasteiger partial charge in [-0.25, -0.2) is 0 Å². The molecule has 2 aliphatic rings. The number of hydrogen-bond acceptors (Lipinski definition) is 6. The van der Waals surface area contributed by atoms with Crippen molar-refractivity contribution in [2.75, 3.05) is 37.6 Å². The summed E-state index contributed by atoms with van der Waals surface area (Å²) < 4.78 is 5.16. The first-order valence-electron chi connectivity index (χ1n) is 10.7. The van der Waals surface area contributed by atoms with Gasteiger partial charge in [-0.05, 0) is 31.2 Å². The largest absolute Gasteiger partial charge is 0.361 e. The summed E-state index contributed by atoms with van der Waals surface area (Å²) in [7, 11) is 0. The summed E-state index contributed by atoms with van der Waals surface area (Å²) in [5, 5.41) is 4.08. The van der Waals surface area contributed by atoms with Crippen molar-refractivity contribution in [1.82, 2.24) is 15.0 Å². The number of amides is 1. The van der Waals surface area contributed by atoms with Crippen molar-refractivity contribution in [2.45, 2.75) is 29.7 Å². The Labute approximate surface area is 186 Å². The maximum absolute atomic E-state index is 13.0. The Morgan fingerprint density at radius 3 is 2.26 bits per heavy atom. The van der Waals surface area contributed by atoms with E-state index in [0.717, 1.165) is 44.2 Å². The van der Waals surface area contributed by atoms with Gasteiger partial charge in [-0.15, -0.1) is 0 Å². The summed E-state index contributed by atoms with van der Waals surface area (Å²) in [4.78, 5) is 22.1. The van der Waals surface area contributed by atoms with Gasteiger partial charge in [-0.1, -0.05) is 41.2 Å². The second-order valence-electron chi connectivity index (χ2n) is 8.02. The van der Waals surface area contributed by atoms with Crippen LogP contribution in [-0.2, 0) is 11.3 Å². The van der Waals surface area contributed by atoms with Gasteiger partial charge in [-0.3, -0.25) is 9.69 Å². The van der Waals surface area contributed by atoms with Crippen LogP contribution in [-0.4, -0.2) is 53.6 Å². The number of para-hydroxylation sites is 2. The van der Waals surface area contributed by atoms with Crippen molar-refractivity contribution in [1.29, 1.82) is 0 Å². The maximum Gasteiger partial charge on any atom is 0.224 e. The second-order valence-corrected chi connectivity index (χ2v) is 9.11. The van der Waals surface area contributed by atoms with Crippen LogP contribution in [0.15, 0.2) is 68.9 Å². The Morgan fingerprint density at radius 1 is 1.00 bits per heavy atom. The number of fused-ring (bicyclic) bond motifs is 2. The zero-order valence-corrected chi connectivity index (χ0v) is 18.5. The first-order valence-corrected chi connectivity index (χ1v) is 11.5. The van der Waals surface area contributed by atoms with Crippen molar-refractivity contribution in [3.05, 3.63) is 66.1 Å². The smallest absolute Gasteiger partial charge is 0.224 e. The molecule has 2 aromatic carbocycles. The Morgan fingerprint density at radius 2 is 1.65 bits per heavy atom. The molecule has 2 aliphatic heterocycles. The first-order chi connectivity index (χ1) is 15.2. The predicted octanol–water partition coefficient (Wildman–Crippen LogP) is 4.32. The number of anilines is 2. The highest BCUT2D eigenvalue weighted by atomic mass is 32.2. The van der Waals surface area contributed by atoms with E-state index in [4.69, 9.17) is 4.52 Å². The molecule has 3 aromatic rings. The van der Waals surface area contributed by atoms with Crippen LogP contribution in [0.2, 0.25) is 0 Å². The number of aromatic nitrogens is 1. The highest BCUT2D eigenvalue weighted by Gasteiger charge is 2.26. The molecule has 31 heavy (non-hydrogen) atoms. The van der Waals surface area contributed by atoms with Crippen LogP contribution in [0.5, 0.6) is 0 Å². The van der Waals surface area contributed by atoms with E-state index < -0.39 is 0 Å². The van der Waals surface area contributed by atoms with Crippen LogP contribution in [0.1, 0.15) is 17.9 Å². The molecule has 0 N–H and O–H groups in total. The number of rotatable bonds is 5. The molecule has 0 radical (unpaired) electrons. The standard InChI is InChI=1S/C24H26N4O2S/c1-18-16-19(25-30-18)17-26-12-14-27(15-13-26)24(29)10-11-28-20-6-2-4-8-22(20)31-23-9-5-3-7-21(23)28/h2-9,16H,10-15,17H2,1H3. The molecule has 5 rings (SSSR count). The molecule has 0 aliphatic carbocycles. The third-order valence-electron chi connectivity index (χ3n) is 5.87. The van der Waals surface area contributed by atoms with E-state index in [2.05, 4.69) is 63.5 Å². The Bertz CT molecular complexity index is 1030. The minimum absolute atomic E-state index is 0.227. The van der Waals surface area contributed by atoms with Gasteiger partial charge in [0.1, 0.15) is 5.76 Å². The van der Waals surface area contributed by atoms with Gasteiger partial charge >= 0.3 is 0 Å². The van der Waals surface area contributed by atoms with Crippen molar-refractivity contribution in [3.63, 3.8) is 0 Å². The predicted molar refractivity (Wildman–Crippen MR) is 122 cm³/mol. The van der Waals surface area contributed by atoms with E-state index >= 15 is 0 Å². The molecule has 0 atom stereocenters. The molecule has 0 bridgehead atoms. The van der Waals surface area contributed by atoms with E-state index in [1.807, 2.05) is 17.9 Å². The second kappa shape index (κ2) is 8.77. The van der Waals surface area contributed by atoms with Crippen molar-refractivity contribution in [2.24, 2.45) is 0 Å². The molecule has 1 fully saturated rings. The summed E-state index contributed by atoms with van der Waals surface area (Å²) in [5.74, 6) is 1.06. The van der Waals surface area contributed by atoms with Crippen LogP contribution < -0.4 is 4.90 Å². The van der Waals surface area contributed by atoms with Crippen LogP contribution in [0.25, 0.3) is 0 Å². The van der Waals surface area contributed by atoms with E-state index in [9.17, 15) is 4.79 Å². The van der Waals surface area contributed by atoms with Gasteiger partial charge in [0.15, 0.2) is 0 Å². The van der Waals surface area contributed by atoms with E-state index in [0.29, 0.717) is 13.0 Å². The van der Waals surface area contributed by atoms with Crippen molar-refractivity contribution in [3.8, 4) is 0 Å². The quantitative estimate of drug-likeness (QED) is 0.596. The molecule has 3 heterocycles. The minimum Gasteiger partial charge on any atom is -0.361 e. The fourth-order valence-corrected chi connectivity index (χ4v) is 5.36. The topological polar surface area (TPSA) is 52.8 Å². The molecule has 1 saturated heterocycles. The van der Waals surface area contributed by atoms with E-state index in [1.54, 1.807) is 11.8 Å². The molecule has 6 nitrogen and oxygen atoms in total. The Balaban J connectivity index is 1.20. The lowest BCUT2D eigenvalue weighted by atomic mass is 10.2. The number of carbonyl (C=O) groups is 1. The van der Waals surface area contributed by atoms with E-state index in [1.165, 1.54) is 21.2 Å². The zero-order valence-electron chi connectivity index (χ0n) is 17.7. The molecule has 0 saturated carbocycles. The third kappa shape index (κ3) is 4.34. The number of carbonyl (C=O) groups excluding carboxylic acids is 1. The lowest BCUT2D eigenvalue weighted by Crippen LogP contribution is -2.48. The lowest BCUT2D eigenvalue weighted by molar-refractivity contribution is -0.132. The van der Waals surface area contributed by atoms with Crippen LogP contribution >= 0.6 is 11.8 Å². The molecule has 0 unspecified atom stereocenters.